The second kappa shape index (κ2) is 7.26. The number of halogens is 1. The monoisotopic (exact) mass is 298 g/mol. The molecule has 0 bridgehead atoms. The van der Waals surface area contributed by atoms with Gasteiger partial charge >= 0.3 is 0 Å². The number of nitrogens with zero attached hydrogens (tertiary/aromatic N) is 1. The van der Waals surface area contributed by atoms with E-state index >= 15 is 0 Å². The number of rotatable bonds is 5. The molecule has 0 aliphatic heterocycles. The van der Waals surface area contributed by atoms with Gasteiger partial charge in [0, 0.05) is 7.05 Å². The summed E-state index contributed by atoms with van der Waals surface area (Å²) in [4.78, 5) is 29.2. The Morgan fingerprint density at radius 2 is 1.90 bits per heavy atom. The van der Waals surface area contributed by atoms with Gasteiger partial charge in [-0.2, -0.15) is 0 Å². The fourth-order valence-corrected chi connectivity index (χ4v) is 1.89. The Morgan fingerprint density at radius 1 is 1.30 bits per heavy atom. The maximum absolute atomic E-state index is 12.2. The smallest absolute Gasteiger partial charge is 0.268 e. The minimum Gasteiger partial charge on any atom is -0.340 e. The molecule has 20 heavy (non-hydrogen) atoms. The Morgan fingerprint density at radius 3 is 2.40 bits per heavy atom. The van der Waals surface area contributed by atoms with E-state index < -0.39 is 6.04 Å². The Labute approximate surface area is 123 Å². The first-order chi connectivity index (χ1) is 9.38. The van der Waals surface area contributed by atoms with Gasteiger partial charge in [-0.1, -0.05) is 37.6 Å². The lowest BCUT2D eigenvalue weighted by Crippen LogP contribution is -2.49. The first kappa shape index (κ1) is 16.5. The summed E-state index contributed by atoms with van der Waals surface area (Å²) in [6.45, 7) is 3.69. The lowest BCUT2D eigenvalue weighted by Gasteiger charge is -2.25. The van der Waals surface area contributed by atoms with Gasteiger partial charge in [0.05, 0.1) is 17.7 Å². The summed E-state index contributed by atoms with van der Waals surface area (Å²) in [5.41, 5.74) is 0.340. The fourth-order valence-electron chi connectivity index (χ4n) is 1.66. The third kappa shape index (κ3) is 3.95. The minimum atomic E-state index is -0.677. The van der Waals surface area contributed by atoms with Crippen LogP contribution in [0.5, 0.6) is 0 Å². The molecule has 0 fully saturated rings. The van der Waals surface area contributed by atoms with Crippen LogP contribution < -0.4 is 5.32 Å². The van der Waals surface area contributed by atoms with E-state index in [-0.39, 0.29) is 17.7 Å². The molecule has 2 amide bonds. The van der Waals surface area contributed by atoms with Gasteiger partial charge in [0.25, 0.3) is 11.8 Å². The summed E-state index contributed by atoms with van der Waals surface area (Å²) in [5.74, 6) is -0.776. The largest absolute Gasteiger partial charge is 0.340 e. The zero-order valence-corrected chi connectivity index (χ0v) is 12.8. The molecule has 0 radical (unpaired) electrons. The molecule has 1 rings (SSSR count). The number of likely N-dealkylation sites (N-methyl/N-ethyl adjacent to an activating group) is 1. The zero-order valence-electron chi connectivity index (χ0n) is 12.0. The van der Waals surface area contributed by atoms with E-state index in [1.807, 2.05) is 13.8 Å². The van der Waals surface area contributed by atoms with Crippen molar-refractivity contribution in [1.82, 2.24) is 10.4 Å². The van der Waals surface area contributed by atoms with Gasteiger partial charge in [-0.3, -0.25) is 14.4 Å². The van der Waals surface area contributed by atoms with Crippen molar-refractivity contribution in [3.05, 3.63) is 34.9 Å². The number of hydroxylamine groups is 2. The summed E-state index contributed by atoms with van der Waals surface area (Å²) in [6, 6.07) is 6.02. The molecule has 110 valence electrons. The highest BCUT2D eigenvalue weighted by molar-refractivity contribution is 6.33. The van der Waals surface area contributed by atoms with Crippen LogP contribution in [0.25, 0.3) is 0 Å². The molecule has 0 aliphatic rings. The number of hydrogen-bond acceptors (Lipinski definition) is 3. The highest BCUT2D eigenvalue weighted by Crippen LogP contribution is 2.15. The van der Waals surface area contributed by atoms with Gasteiger partial charge in [0.2, 0.25) is 0 Å². The first-order valence-corrected chi connectivity index (χ1v) is 6.63. The Bertz CT molecular complexity index is 491. The average Bonchev–Trinajstić information content (AvgIpc) is 2.43. The Kier molecular flexibility index (Phi) is 5.98. The highest BCUT2D eigenvalue weighted by atomic mass is 35.5. The van der Waals surface area contributed by atoms with E-state index in [2.05, 4.69) is 5.32 Å². The molecule has 1 unspecified atom stereocenters. The molecule has 1 N–H and O–H groups in total. The second-order valence-corrected chi connectivity index (χ2v) is 5.10. The van der Waals surface area contributed by atoms with Gasteiger partial charge < -0.3 is 5.32 Å². The van der Waals surface area contributed by atoms with Crippen LogP contribution in [0.3, 0.4) is 0 Å². The normalized spacial score (nSPS) is 12.1. The number of hydrogen-bond donors (Lipinski definition) is 1. The van der Waals surface area contributed by atoms with Crippen LogP contribution in [-0.2, 0) is 9.63 Å². The quantitative estimate of drug-likeness (QED) is 0.847. The summed E-state index contributed by atoms with van der Waals surface area (Å²) in [5, 5.41) is 4.14. The lowest BCUT2D eigenvalue weighted by molar-refractivity contribution is -0.171. The molecule has 0 aromatic heterocycles. The molecule has 0 heterocycles. The molecule has 1 aromatic carbocycles. The standard InChI is InChI=1S/C14H19ClN2O3/c1-9(2)12(14(19)17(3)20-4)16-13(18)10-7-5-6-8-11(10)15/h5-9,12H,1-4H3,(H,16,18). The van der Waals surface area contributed by atoms with Crippen LogP contribution in [-0.4, -0.2) is 37.1 Å². The number of nitrogens with one attached hydrogen (secondary N) is 1. The fraction of sp³-hybridized carbons (Fsp3) is 0.429. The van der Waals surface area contributed by atoms with Crippen LogP contribution in [0.4, 0.5) is 0 Å². The van der Waals surface area contributed by atoms with Crippen molar-refractivity contribution >= 4 is 23.4 Å². The molecule has 1 atom stereocenters. The molecule has 6 heteroatoms. The van der Waals surface area contributed by atoms with Crippen molar-refractivity contribution in [2.75, 3.05) is 14.2 Å². The molecule has 0 spiro atoms. The van der Waals surface area contributed by atoms with E-state index in [1.165, 1.54) is 14.2 Å². The van der Waals surface area contributed by atoms with Gasteiger partial charge in [-0.25, -0.2) is 5.06 Å². The van der Waals surface area contributed by atoms with Crippen LogP contribution in [0.15, 0.2) is 24.3 Å². The van der Waals surface area contributed by atoms with Crippen LogP contribution in [0.2, 0.25) is 5.02 Å². The van der Waals surface area contributed by atoms with Crippen LogP contribution in [0, 0.1) is 5.92 Å². The third-order valence-electron chi connectivity index (χ3n) is 2.92. The lowest BCUT2D eigenvalue weighted by atomic mass is 10.0. The molecule has 0 saturated carbocycles. The summed E-state index contributed by atoms with van der Waals surface area (Å²) < 4.78 is 0. The second-order valence-electron chi connectivity index (χ2n) is 4.69. The number of amides is 2. The van der Waals surface area contributed by atoms with E-state index in [4.69, 9.17) is 16.4 Å². The van der Waals surface area contributed by atoms with Crippen molar-refractivity contribution in [1.29, 1.82) is 0 Å². The van der Waals surface area contributed by atoms with Gasteiger partial charge in [-0.05, 0) is 18.1 Å². The Balaban J connectivity index is 2.89. The third-order valence-corrected chi connectivity index (χ3v) is 3.25. The predicted molar refractivity (Wildman–Crippen MR) is 77.3 cm³/mol. The highest BCUT2D eigenvalue weighted by Gasteiger charge is 2.28. The van der Waals surface area contributed by atoms with Crippen LogP contribution in [0.1, 0.15) is 24.2 Å². The maximum Gasteiger partial charge on any atom is 0.268 e. The van der Waals surface area contributed by atoms with Crippen molar-refractivity contribution in [3.63, 3.8) is 0 Å². The van der Waals surface area contributed by atoms with Crippen molar-refractivity contribution in [3.8, 4) is 0 Å². The summed E-state index contributed by atoms with van der Waals surface area (Å²) in [6.07, 6.45) is 0. The average molecular weight is 299 g/mol. The van der Waals surface area contributed by atoms with Crippen molar-refractivity contribution in [2.45, 2.75) is 19.9 Å². The molecular formula is C14H19ClN2O3. The number of benzene rings is 1. The molecule has 5 nitrogen and oxygen atoms in total. The molecule has 0 saturated heterocycles. The minimum absolute atomic E-state index is 0.0773. The van der Waals surface area contributed by atoms with E-state index in [9.17, 15) is 9.59 Å². The number of carbonyl (C=O) groups is 2. The summed E-state index contributed by atoms with van der Waals surface area (Å²) >= 11 is 5.97. The predicted octanol–water partition coefficient (Wildman–Crippen LogP) is 2.11. The molecular weight excluding hydrogens is 280 g/mol. The van der Waals surface area contributed by atoms with Crippen LogP contribution >= 0.6 is 11.6 Å². The van der Waals surface area contributed by atoms with Gasteiger partial charge in [-0.15, -0.1) is 0 Å². The molecule has 1 aromatic rings. The molecule has 0 aliphatic carbocycles. The summed E-state index contributed by atoms with van der Waals surface area (Å²) in [7, 11) is 2.89. The van der Waals surface area contributed by atoms with E-state index in [0.717, 1.165) is 5.06 Å². The topological polar surface area (TPSA) is 58.6 Å². The zero-order chi connectivity index (χ0) is 15.3. The van der Waals surface area contributed by atoms with Crippen molar-refractivity contribution < 1.29 is 14.4 Å². The van der Waals surface area contributed by atoms with Crippen molar-refractivity contribution in [2.24, 2.45) is 5.92 Å². The number of carbonyl (C=O) groups excluding carboxylic acids is 2. The van der Waals surface area contributed by atoms with Gasteiger partial charge in [0.15, 0.2) is 0 Å². The Hall–Kier alpha value is -1.59. The first-order valence-electron chi connectivity index (χ1n) is 6.25. The van der Waals surface area contributed by atoms with E-state index in [1.54, 1.807) is 24.3 Å². The van der Waals surface area contributed by atoms with Gasteiger partial charge in [0.1, 0.15) is 6.04 Å². The SMILES string of the molecule is CON(C)C(=O)C(NC(=O)c1ccccc1Cl)C(C)C. The maximum atomic E-state index is 12.2. The van der Waals surface area contributed by atoms with E-state index in [0.29, 0.717) is 10.6 Å².